The summed E-state index contributed by atoms with van der Waals surface area (Å²) >= 11 is 1.28. The van der Waals surface area contributed by atoms with Gasteiger partial charge in [0.25, 0.3) is 0 Å². The molecule has 0 bridgehead atoms. The van der Waals surface area contributed by atoms with Crippen molar-refractivity contribution in [2.45, 2.75) is 25.3 Å². The normalized spacial score (nSPS) is 13.4. The second-order valence-electron chi connectivity index (χ2n) is 7.23. The van der Waals surface area contributed by atoms with Crippen molar-refractivity contribution in [3.8, 4) is 10.6 Å². The number of carbonyl (C=O) groups excluding carboxylic acids is 1. The monoisotopic (exact) mass is 440 g/mol. The number of rotatable bonds is 7. The van der Waals surface area contributed by atoms with Gasteiger partial charge in [-0.05, 0) is 47.4 Å². The molecular weight excluding hydrogens is 422 g/mol. The Morgan fingerprint density at radius 2 is 1.97 bits per heavy atom. The number of nitrogens with one attached hydrogen (secondary N) is 1. The van der Waals surface area contributed by atoms with Crippen LogP contribution in [0.25, 0.3) is 16.1 Å². The maximum absolute atomic E-state index is 13.4. The standard InChI is InChI=1S/C23H18F2N2O3S/c24-16-3-1-2-15(9-16)22-26-18(12-31-22)11-21(28)27-20(23(29)30)10-14-5-4-13-8-17(25)6-7-19(13)14/h1-3,5-9,12,20H,4,10-11H2,(H,27,28)(H,29,30). The number of carbonyl (C=O) groups is 2. The number of benzene rings is 2. The number of hydrogen-bond donors (Lipinski definition) is 2. The predicted molar refractivity (Wildman–Crippen MR) is 113 cm³/mol. The fourth-order valence-electron chi connectivity index (χ4n) is 3.55. The van der Waals surface area contributed by atoms with E-state index in [-0.39, 0.29) is 24.5 Å². The number of allylic oxidation sites excluding steroid dienone is 1. The van der Waals surface area contributed by atoms with Crippen molar-refractivity contribution >= 4 is 28.8 Å². The number of aromatic nitrogens is 1. The molecule has 1 aliphatic rings. The molecule has 8 heteroatoms. The molecule has 0 aliphatic heterocycles. The summed E-state index contributed by atoms with van der Waals surface area (Å²) in [7, 11) is 0. The quantitative estimate of drug-likeness (QED) is 0.576. The lowest BCUT2D eigenvalue weighted by Crippen LogP contribution is -2.41. The van der Waals surface area contributed by atoms with Gasteiger partial charge in [0.1, 0.15) is 22.7 Å². The zero-order valence-electron chi connectivity index (χ0n) is 16.3. The van der Waals surface area contributed by atoms with E-state index in [0.717, 1.165) is 16.7 Å². The van der Waals surface area contributed by atoms with Gasteiger partial charge in [-0.2, -0.15) is 0 Å². The van der Waals surface area contributed by atoms with Crippen molar-refractivity contribution in [1.29, 1.82) is 0 Å². The van der Waals surface area contributed by atoms with Gasteiger partial charge >= 0.3 is 5.97 Å². The third-order valence-corrected chi connectivity index (χ3v) is 5.94. The molecular formula is C23H18F2N2O3S. The Kier molecular flexibility index (Phi) is 5.90. The van der Waals surface area contributed by atoms with Gasteiger partial charge in [-0.25, -0.2) is 18.6 Å². The summed E-state index contributed by atoms with van der Waals surface area (Å²) in [6, 6.07) is 9.31. The fraction of sp³-hybridized carbons (Fsp3) is 0.174. The van der Waals surface area contributed by atoms with Crippen LogP contribution in [0.5, 0.6) is 0 Å². The molecule has 0 spiro atoms. The Bertz CT molecular complexity index is 1190. The maximum atomic E-state index is 13.4. The largest absolute Gasteiger partial charge is 0.480 e. The zero-order chi connectivity index (χ0) is 22.0. The first-order chi connectivity index (χ1) is 14.9. The molecule has 158 valence electrons. The molecule has 2 aromatic carbocycles. The molecule has 0 saturated carbocycles. The van der Waals surface area contributed by atoms with Crippen molar-refractivity contribution in [3.05, 3.63) is 82.4 Å². The first-order valence-corrected chi connectivity index (χ1v) is 10.5. The third kappa shape index (κ3) is 4.86. The SMILES string of the molecule is O=C(Cc1csc(-c2cccc(F)c2)n1)NC(CC1=CCc2cc(F)ccc21)C(=O)O. The van der Waals surface area contributed by atoms with Crippen LogP contribution in [0, 0.1) is 11.6 Å². The van der Waals surface area contributed by atoms with Crippen LogP contribution in [0.2, 0.25) is 0 Å². The van der Waals surface area contributed by atoms with E-state index in [1.165, 1.54) is 35.6 Å². The molecule has 0 radical (unpaired) electrons. The summed E-state index contributed by atoms with van der Waals surface area (Å²) in [5.41, 5.74) is 3.47. The summed E-state index contributed by atoms with van der Waals surface area (Å²) in [5.74, 6) is -2.33. The van der Waals surface area contributed by atoms with Crippen LogP contribution >= 0.6 is 11.3 Å². The lowest BCUT2D eigenvalue weighted by Gasteiger charge is -2.16. The number of hydrogen-bond acceptors (Lipinski definition) is 4. The number of thiazole rings is 1. The van der Waals surface area contributed by atoms with E-state index in [0.29, 0.717) is 22.7 Å². The van der Waals surface area contributed by atoms with Gasteiger partial charge in [0, 0.05) is 17.4 Å². The molecule has 1 unspecified atom stereocenters. The van der Waals surface area contributed by atoms with Gasteiger partial charge in [0.15, 0.2) is 0 Å². The molecule has 0 fully saturated rings. The Labute approximate surface area is 181 Å². The summed E-state index contributed by atoms with van der Waals surface area (Å²) < 4.78 is 26.8. The van der Waals surface area contributed by atoms with Crippen LogP contribution < -0.4 is 5.32 Å². The summed E-state index contributed by atoms with van der Waals surface area (Å²) in [5, 5.41) is 14.4. The molecule has 1 amide bonds. The minimum Gasteiger partial charge on any atom is -0.480 e. The highest BCUT2D eigenvalue weighted by Gasteiger charge is 2.25. The van der Waals surface area contributed by atoms with Crippen molar-refractivity contribution in [3.63, 3.8) is 0 Å². The van der Waals surface area contributed by atoms with Gasteiger partial charge in [-0.3, -0.25) is 4.79 Å². The molecule has 1 aromatic heterocycles. The second-order valence-corrected chi connectivity index (χ2v) is 8.09. The number of carboxylic acid groups (broad SMARTS) is 1. The Hall–Kier alpha value is -3.39. The molecule has 0 saturated heterocycles. The van der Waals surface area contributed by atoms with Gasteiger partial charge in [0.2, 0.25) is 5.91 Å². The van der Waals surface area contributed by atoms with Crippen LogP contribution in [0.3, 0.4) is 0 Å². The Balaban J connectivity index is 1.41. The average Bonchev–Trinajstić information content (AvgIpc) is 3.34. The van der Waals surface area contributed by atoms with E-state index in [9.17, 15) is 23.5 Å². The first-order valence-electron chi connectivity index (χ1n) is 9.59. The molecule has 2 N–H and O–H groups in total. The van der Waals surface area contributed by atoms with Crippen molar-refractivity contribution < 1.29 is 23.5 Å². The van der Waals surface area contributed by atoms with E-state index >= 15 is 0 Å². The first kappa shape index (κ1) is 20.9. The number of nitrogens with zero attached hydrogens (tertiary/aromatic N) is 1. The summed E-state index contributed by atoms with van der Waals surface area (Å²) in [6.07, 6.45) is 2.41. The number of amides is 1. The summed E-state index contributed by atoms with van der Waals surface area (Å²) in [4.78, 5) is 28.5. The third-order valence-electron chi connectivity index (χ3n) is 5.00. The van der Waals surface area contributed by atoms with Gasteiger partial charge in [-0.1, -0.05) is 24.3 Å². The zero-order valence-corrected chi connectivity index (χ0v) is 17.1. The van der Waals surface area contributed by atoms with Crippen molar-refractivity contribution in [2.75, 3.05) is 0 Å². The van der Waals surface area contributed by atoms with E-state index in [4.69, 9.17) is 0 Å². The Morgan fingerprint density at radius 1 is 1.16 bits per heavy atom. The van der Waals surface area contributed by atoms with E-state index in [1.807, 2.05) is 6.08 Å². The highest BCUT2D eigenvalue weighted by Crippen LogP contribution is 2.31. The van der Waals surface area contributed by atoms with Crippen LogP contribution in [0.15, 0.2) is 53.9 Å². The molecule has 4 rings (SSSR count). The van der Waals surface area contributed by atoms with Crippen LogP contribution in [0.1, 0.15) is 23.2 Å². The van der Waals surface area contributed by atoms with Crippen LogP contribution in [-0.2, 0) is 22.4 Å². The number of aliphatic carboxylic acids is 1. The molecule has 1 heterocycles. The molecule has 1 atom stereocenters. The van der Waals surface area contributed by atoms with E-state index in [2.05, 4.69) is 10.3 Å². The lowest BCUT2D eigenvalue weighted by molar-refractivity contribution is -0.141. The summed E-state index contributed by atoms with van der Waals surface area (Å²) in [6.45, 7) is 0. The van der Waals surface area contributed by atoms with Gasteiger partial charge < -0.3 is 10.4 Å². The fourth-order valence-corrected chi connectivity index (χ4v) is 4.37. The number of halogens is 2. The van der Waals surface area contributed by atoms with Crippen LogP contribution in [0.4, 0.5) is 8.78 Å². The van der Waals surface area contributed by atoms with Gasteiger partial charge in [0.05, 0.1) is 12.1 Å². The number of carboxylic acids is 1. The van der Waals surface area contributed by atoms with E-state index < -0.39 is 17.9 Å². The molecule has 3 aromatic rings. The number of fused-ring (bicyclic) bond motifs is 1. The molecule has 5 nitrogen and oxygen atoms in total. The highest BCUT2D eigenvalue weighted by molar-refractivity contribution is 7.13. The van der Waals surface area contributed by atoms with E-state index in [1.54, 1.807) is 23.6 Å². The van der Waals surface area contributed by atoms with Gasteiger partial charge in [-0.15, -0.1) is 11.3 Å². The lowest BCUT2D eigenvalue weighted by atomic mass is 9.99. The predicted octanol–water partition coefficient (Wildman–Crippen LogP) is 4.23. The highest BCUT2D eigenvalue weighted by atomic mass is 32.1. The maximum Gasteiger partial charge on any atom is 0.326 e. The molecule has 1 aliphatic carbocycles. The topological polar surface area (TPSA) is 79.3 Å². The van der Waals surface area contributed by atoms with Crippen molar-refractivity contribution in [1.82, 2.24) is 10.3 Å². The van der Waals surface area contributed by atoms with Crippen LogP contribution in [-0.4, -0.2) is 28.0 Å². The second kappa shape index (κ2) is 8.77. The minimum absolute atomic E-state index is 0.0869. The average molecular weight is 440 g/mol. The van der Waals surface area contributed by atoms with Crippen molar-refractivity contribution in [2.24, 2.45) is 0 Å². The Morgan fingerprint density at radius 3 is 2.74 bits per heavy atom. The molecule has 31 heavy (non-hydrogen) atoms. The smallest absolute Gasteiger partial charge is 0.326 e. The minimum atomic E-state index is -1.15.